The van der Waals surface area contributed by atoms with Crippen LogP contribution in [0.4, 0.5) is 0 Å². The molecule has 7 heteroatoms. The second-order valence-corrected chi connectivity index (χ2v) is 7.11. The number of fused-ring (bicyclic) bond motifs is 1. The number of nitrogens with zero attached hydrogens (tertiary/aromatic N) is 1. The smallest absolute Gasteiger partial charge is 0.287 e. The van der Waals surface area contributed by atoms with E-state index in [0.29, 0.717) is 11.4 Å². The minimum atomic E-state index is -1.09. The molecule has 7 nitrogen and oxygen atoms in total. The zero-order valence-electron chi connectivity index (χ0n) is 16.5. The van der Waals surface area contributed by atoms with E-state index in [1.54, 1.807) is 18.3 Å². The summed E-state index contributed by atoms with van der Waals surface area (Å²) in [5.41, 5.74) is 8.33. The molecule has 0 saturated heterocycles. The Morgan fingerprint density at radius 1 is 0.968 bits per heavy atom. The van der Waals surface area contributed by atoms with Crippen molar-refractivity contribution in [2.24, 2.45) is 5.73 Å². The number of primary amides is 1. The van der Waals surface area contributed by atoms with Crippen LogP contribution in [0.3, 0.4) is 0 Å². The fourth-order valence-corrected chi connectivity index (χ4v) is 3.47. The Balaban J connectivity index is 1.65. The molecular weight excluding hydrogens is 392 g/mol. The van der Waals surface area contributed by atoms with Crippen molar-refractivity contribution in [2.75, 3.05) is 0 Å². The molecule has 0 radical (unpaired) electrons. The standard InChI is InChI=1S/C24H20N4O3/c25-23(30)22(29)20(13-15-7-2-1-3-8-15)28-24(31)17-10-6-12-26-21(17)19-14-16-9-4-5-11-18(16)27-19/h1-12,14,20,27H,13H2,(H2,25,30)(H,28,31). The number of hydrogen-bond donors (Lipinski definition) is 3. The van der Waals surface area contributed by atoms with Gasteiger partial charge in [-0.05, 0) is 29.8 Å². The van der Waals surface area contributed by atoms with Gasteiger partial charge in [-0.1, -0.05) is 48.5 Å². The summed E-state index contributed by atoms with van der Waals surface area (Å²) in [6.07, 6.45) is 1.74. The molecule has 31 heavy (non-hydrogen) atoms. The lowest BCUT2D eigenvalue weighted by molar-refractivity contribution is -0.137. The fourth-order valence-electron chi connectivity index (χ4n) is 3.47. The highest BCUT2D eigenvalue weighted by Crippen LogP contribution is 2.25. The van der Waals surface area contributed by atoms with E-state index in [1.165, 1.54) is 0 Å². The molecule has 4 aromatic rings. The second-order valence-electron chi connectivity index (χ2n) is 7.11. The van der Waals surface area contributed by atoms with Crippen LogP contribution in [0, 0.1) is 0 Å². The Morgan fingerprint density at radius 3 is 2.45 bits per heavy atom. The molecule has 0 spiro atoms. The van der Waals surface area contributed by atoms with Gasteiger partial charge in [-0.3, -0.25) is 19.4 Å². The van der Waals surface area contributed by atoms with Crippen LogP contribution in [0.15, 0.2) is 79.0 Å². The molecule has 154 valence electrons. The molecule has 2 aromatic heterocycles. The third-order valence-corrected chi connectivity index (χ3v) is 4.98. The second kappa shape index (κ2) is 8.62. The van der Waals surface area contributed by atoms with Crippen molar-refractivity contribution in [3.05, 3.63) is 90.1 Å². The van der Waals surface area contributed by atoms with Gasteiger partial charge in [0, 0.05) is 23.5 Å². The number of carbonyl (C=O) groups excluding carboxylic acids is 3. The zero-order chi connectivity index (χ0) is 21.8. The fraction of sp³-hybridized carbons (Fsp3) is 0.0833. The van der Waals surface area contributed by atoms with E-state index in [2.05, 4.69) is 15.3 Å². The number of H-pyrrole nitrogens is 1. The highest BCUT2D eigenvalue weighted by atomic mass is 16.2. The number of para-hydroxylation sites is 1. The monoisotopic (exact) mass is 412 g/mol. The number of ketones is 1. The molecule has 0 saturated carbocycles. The van der Waals surface area contributed by atoms with Gasteiger partial charge in [0.25, 0.3) is 11.8 Å². The molecule has 0 aliphatic carbocycles. The van der Waals surface area contributed by atoms with Gasteiger partial charge in [0.1, 0.15) is 6.04 Å². The van der Waals surface area contributed by atoms with E-state index in [-0.39, 0.29) is 12.0 Å². The molecule has 2 heterocycles. The summed E-state index contributed by atoms with van der Waals surface area (Å²) in [7, 11) is 0. The summed E-state index contributed by atoms with van der Waals surface area (Å²) in [4.78, 5) is 44.7. The minimum Gasteiger partial charge on any atom is -0.363 e. The summed E-state index contributed by atoms with van der Waals surface area (Å²) < 4.78 is 0. The van der Waals surface area contributed by atoms with Gasteiger partial charge in [-0.25, -0.2) is 0 Å². The van der Waals surface area contributed by atoms with Crippen LogP contribution >= 0.6 is 0 Å². The number of pyridine rings is 1. The SMILES string of the molecule is NC(=O)C(=O)C(Cc1ccccc1)NC(=O)c1cccnc1-c1cc2ccccc2[nH]1. The zero-order valence-corrected chi connectivity index (χ0v) is 16.5. The maximum Gasteiger partial charge on any atom is 0.287 e. The minimum absolute atomic E-state index is 0.149. The Morgan fingerprint density at radius 2 is 1.71 bits per heavy atom. The number of amides is 2. The Bertz CT molecular complexity index is 1230. The molecule has 1 atom stereocenters. The van der Waals surface area contributed by atoms with Crippen LogP contribution in [0.25, 0.3) is 22.3 Å². The third kappa shape index (κ3) is 4.35. The van der Waals surface area contributed by atoms with Crippen LogP contribution in [-0.4, -0.2) is 33.6 Å². The van der Waals surface area contributed by atoms with Crippen LogP contribution in [-0.2, 0) is 16.0 Å². The van der Waals surface area contributed by atoms with Crippen molar-refractivity contribution >= 4 is 28.5 Å². The van der Waals surface area contributed by atoms with Gasteiger partial charge in [-0.15, -0.1) is 0 Å². The highest BCUT2D eigenvalue weighted by molar-refractivity contribution is 6.38. The van der Waals surface area contributed by atoms with Crippen molar-refractivity contribution in [3.63, 3.8) is 0 Å². The Hall–Kier alpha value is -4.26. The van der Waals surface area contributed by atoms with E-state index in [0.717, 1.165) is 16.5 Å². The first-order valence-corrected chi connectivity index (χ1v) is 9.74. The third-order valence-electron chi connectivity index (χ3n) is 4.98. The van der Waals surface area contributed by atoms with E-state index in [4.69, 9.17) is 5.73 Å². The van der Waals surface area contributed by atoms with Gasteiger partial charge in [-0.2, -0.15) is 0 Å². The first-order chi connectivity index (χ1) is 15.0. The largest absolute Gasteiger partial charge is 0.363 e. The van der Waals surface area contributed by atoms with Gasteiger partial charge in [0.15, 0.2) is 0 Å². The van der Waals surface area contributed by atoms with Crippen LogP contribution < -0.4 is 11.1 Å². The van der Waals surface area contributed by atoms with E-state index in [1.807, 2.05) is 60.7 Å². The molecule has 0 bridgehead atoms. The molecule has 2 aromatic carbocycles. The van der Waals surface area contributed by atoms with Crippen molar-refractivity contribution < 1.29 is 14.4 Å². The lowest BCUT2D eigenvalue weighted by Gasteiger charge is -2.17. The van der Waals surface area contributed by atoms with E-state index >= 15 is 0 Å². The number of nitrogens with two attached hydrogens (primary N) is 1. The number of carbonyl (C=O) groups is 3. The van der Waals surface area contributed by atoms with Crippen molar-refractivity contribution in [1.82, 2.24) is 15.3 Å². The summed E-state index contributed by atoms with van der Waals surface area (Å²) in [5, 5.41) is 3.65. The number of aromatic nitrogens is 2. The molecule has 0 aliphatic heterocycles. The van der Waals surface area contributed by atoms with E-state index in [9.17, 15) is 14.4 Å². The molecule has 1 unspecified atom stereocenters. The number of benzene rings is 2. The van der Waals surface area contributed by atoms with Gasteiger partial charge < -0.3 is 16.0 Å². The maximum absolute atomic E-state index is 13.1. The average Bonchev–Trinajstić information content (AvgIpc) is 3.23. The predicted molar refractivity (Wildman–Crippen MR) is 117 cm³/mol. The predicted octanol–water partition coefficient (Wildman–Crippen LogP) is 2.63. The average molecular weight is 412 g/mol. The molecular formula is C24H20N4O3. The number of rotatable bonds is 7. The van der Waals surface area contributed by atoms with Gasteiger partial charge >= 0.3 is 0 Å². The molecule has 0 aliphatic rings. The first-order valence-electron chi connectivity index (χ1n) is 9.74. The summed E-state index contributed by atoms with van der Waals surface area (Å²) in [6.45, 7) is 0. The summed E-state index contributed by atoms with van der Waals surface area (Å²) in [6, 6.07) is 20.9. The number of nitrogens with one attached hydrogen (secondary N) is 2. The van der Waals surface area contributed by atoms with Crippen molar-refractivity contribution in [3.8, 4) is 11.4 Å². The molecule has 4 N–H and O–H groups in total. The number of aromatic amines is 1. The number of hydrogen-bond acceptors (Lipinski definition) is 4. The first kappa shape index (κ1) is 20.0. The Labute approximate surface area is 178 Å². The molecule has 0 fully saturated rings. The molecule has 4 rings (SSSR count). The van der Waals surface area contributed by atoms with Crippen LogP contribution in [0.2, 0.25) is 0 Å². The van der Waals surface area contributed by atoms with Crippen LogP contribution in [0.1, 0.15) is 15.9 Å². The molecule has 2 amide bonds. The maximum atomic E-state index is 13.1. The van der Waals surface area contributed by atoms with Gasteiger partial charge in [0.2, 0.25) is 5.78 Å². The lowest BCUT2D eigenvalue weighted by atomic mass is 10.0. The van der Waals surface area contributed by atoms with E-state index < -0.39 is 23.6 Å². The van der Waals surface area contributed by atoms with Gasteiger partial charge in [0.05, 0.1) is 17.0 Å². The Kier molecular flexibility index (Phi) is 5.57. The van der Waals surface area contributed by atoms with Crippen molar-refractivity contribution in [2.45, 2.75) is 12.5 Å². The normalized spacial score (nSPS) is 11.7. The van der Waals surface area contributed by atoms with Crippen molar-refractivity contribution in [1.29, 1.82) is 0 Å². The topological polar surface area (TPSA) is 118 Å². The number of Topliss-reactive ketones (excluding diaryl/α,β-unsaturated/α-hetero) is 1. The quantitative estimate of drug-likeness (QED) is 0.404. The lowest BCUT2D eigenvalue weighted by Crippen LogP contribution is -2.47. The van der Waals surface area contributed by atoms with Crippen LogP contribution in [0.5, 0.6) is 0 Å². The summed E-state index contributed by atoms with van der Waals surface area (Å²) >= 11 is 0. The highest BCUT2D eigenvalue weighted by Gasteiger charge is 2.27. The summed E-state index contributed by atoms with van der Waals surface area (Å²) in [5.74, 6) is -2.46.